The minimum atomic E-state index is -0.454. The molecular weight excluding hydrogens is 428 g/mol. The Bertz CT molecular complexity index is 1530. The molecule has 0 spiro atoms. The summed E-state index contributed by atoms with van der Waals surface area (Å²) in [6.45, 7) is 0. The van der Waals surface area contributed by atoms with E-state index in [9.17, 15) is 9.59 Å². The van der Waals surface area contributed by atoms with Crippen LogP contribution in [0.25, 0.3) is 32.9 Å². The first kappa shape index (κ1) is 21.1. The molecule has 5 rings (SSSR count). The number of nitrogens with zero attached hydrogens (tertiary/aromatic N) is 2. The fourth-order valence-corrected chi connectivity index (χ4v) is 3.77. The molecule has 0 aliphatic rings. The van der Waals surface area contributed by atoms with E-state index in [0.717, 1.165) is 22.1 Å². The molecule has 166 valence electrons. The van der Waals surface area contributed by atoms with Crippen LogP contribution in [0.4, 0.5) is 0 Å². The molecule has 34 heavy (non-hydrogen) atoms. The minimum Gasteiger partial charge on any atom is -0.497 e. The number of amides is 2. The van der Waals surface area contributed by atoms with Crippen molar-refractivity contribution >= 4 is 33.5 Å². The Morgan fingerprint density at radius 3 is 2.44 bits per heavy atom. The summed E-state index contributed by atoms with van der Waals surface area (Å²) in [7, 11) is 1.64. The van der Waals surface area contributed by atoms with E-state index in [-0.39, 0.29) is 0 Å². The topological polar surface area (TPSA) is 93.2 Å². The predicted octanol–water partition coefficient (Wildman–Crippen LogP) is 4.53. The average molecular weight is 448 g/mol. The highest BCUT2D eigenvalue weighted by molar-refractivity contribution is 6.08. The van der Waals surface area contributed by atoms with Gasteiger partial charge in [-0.15, -0.1) is 0 Å². The second-order valence-electron chi connectivity index (χ2n) is 7.65. The zero-order chi connectivity index (χ0) is 23.5. The van der Waals surface area contributed by atoms with Gasteiger partial charge in [0.2, 0.25) is 0 Å². The maximum Gasteiger partial charge on any atom is 0.271 e. The number of carbonyl (C=O) groups is 2. The van der Waals surface area contributed by atoms with Gasteiger partial charge < -0.3 is 4.74 Å². The van der Waals surface area contributed by atoms with Gasteiger partial charge in [0, 0.05) is 23.3 Å². The van der Waals surface area contributed by atoms with Crippen LogP contribution < -0.4 is 15.6 Å². The fraction of sp³-hybridized carbons (Fsp3) is 0.0370. The number of aromatic nitrogens is 2. The average Bonchev–Trinajstić information content (AvgIpc) is 2.90. The molecule has 2 amide bonds. The lowest BCUT2D eigenvalue weighted by molar-refractivity contribution is 0.0847. The zero-order valence-corrected chi connectivity index (χ0v) is 18.3. The third-order valence-electron chi connectivity index (χ3n) is 5.52. The van der Waals surface area contributed by atoms with Crippen molar-refractivity contribution in [1.82, 2.24) is 20.8 Å². The number of carbonyl (C=O) groups excluding carboxylic acids is 2. The van der Waals surface area contributed by atoms with E-state index in [0.29, 0.717) is 27.7 Å². The molecule has 0 fully saturated rings. The molecule has 0 saturated carbocycles. The number of hydrogen-bond acceptors (Lipinski definition) is 5. The second-order valence-corrected chi connectivity index (χ2v) is 7.65. The number of ether oxygens (including phenoxy) is 1. The van der Waals surface area contributed by atoms with E-state index in [1.165, 1.54) is 6.20 Å². The van der Waals surface area contributed by atoms with E-state index in [4.69, 9.17) is 9.72 Å². The summed E-state index contributed by atoms with van der Waals surface area (Å²) < 4.78 is 5.31. The predicted molar refractivity (Wildman–Crippen MR) is 130 cm³/mol. The Balaban J connectivity index is 1.49. The highest BCUT2D eigenvalue weighted by Crippen LogP contribution is 2.29. The third-order valence-corrected chi connectivity index (χ3v) is 5.52. The van der Waals surface area contributed by atoms with Crippen LogP contribution in [-0.4, -0.2) is 28.9 Å². The van der Waals surface area contributed by atoms with E-state index in [1.807, 2.05) is 60.7 Å². The molecule has 7 heteroatoms. The number of methoxy groups -OCH3 is 1. The van der Waals surface area contributed by atoms with Gasteiger partial charge in [-0.2, -0.15) is 0 Å². The molecule has 0 aliphatic heterocycles. The summed E-state index contributed by atoms with van der Waals surface area (Å²) in [6, 6.07) is 24.3. The van der Waals surface area contributed by atoms with Crippen molar-refractivity contribution in [3.8, 4) is 17.0 Å². The van der Waals surface area contributed by atoms with Gasteiger partial charge in [0.05, 0.1) is 29.4 Å². The van der Waals surface area contributed by atoms with Crippen molar-refractivity contribution in [1.29, 1.82) is 0 Å². The quantitative estimate of drug-likeness (QED) is 0.394. The lowest BCUT2D eigenvalue weighted by Gasteiger charge is -2.12. The zero-order valence-electron chi connectivity index (χ0n) is 18.3. The standard InChI is InChI=1S/C27H20N4O3/c1-34-21-11-10-17-13-19(9-8-18(17)14-21)25-15-23(22-6-2-3-7-24(22)29-25)27(33)31-30-26(32)20-5-4-12-28-16-20/h2-16H,1H3,(H,30,32)(H,31,33). The van der Waals surface area contributed by atoms with Crippen LogP contribution in [-0.2, 0) is 0 Å². The number of hydrogen-bond donors (Lipinski definition) is 2. The normalized spacial score (nSPS) is 10.7. The molecule has 2 aromatic heterocycles. The molecule has 2 heterocycles. The van der Waals surface area contributed by atoms with Gasteiger partial charge in [-0.05, 0) is 53.2 Å². The second kappa shape index (κ2) is 8.99. The van der Waals surface area contributed by atoms with Gasteiger partial charge in [-0.3, -0.25) is 25.4 Å². The summed E-state index contributed by atoms with van der Waals surface area (Å²) in [6.07, 6.45) is 3.00. The van der Waals surface area contributed by atoms with Crippen LogP contribution in [0.3, 0.4) is 0 Å². The number of benzene rings is 3. The van der Waals surface area contributed by atoms with Gasteiger partial charge in [-0.1, -0.05) is 36.4 Å². The van der Waals surface area contributed by atoms with Crippen LogP contribution in [0.1, 0.15) is 20.7 Å². The first-order chi connectivity index (χ1) is 16.6. The van der Waals surface area contributed by atoms with E-state index in [2.05, 4.69) is 15.8 Å². The lowest BCUT2D eigenvalue weighted by Crippen LogP contribution is -2.41. The molecule has 2 N–H and O–H groups in total. The van der Waals surface area contributed by atoms with E-state index >= 15 is 0 Å². The number of hydrazine groups is 1. The van der Waals surface area contributed by atoms with E-state index < -0.39 is 11.8 Å². The lowest BCUT2D eigenvalue weighted by atomic mass is 10.0. The molecule has 3 aromatic carbocycles. The molecule has 0 aliphatic carbocycles. The third kappa shape index (κ3) is 4.14. The number of fused-ring (bicyclic) bond motifs is 2. The summed E-state index contributed by atoms with van der Waals surface area (Å²) in [5, 5.41) is 2.76. The first-order valence-electron chi connectivity index (χ1n) is 10.6. The molecule has 0 unspecified atom stereocenters. The van der Waals surface area contributed by atoms with Gasteiger partial charge in [0.15, 0.2) is 0 Å². The highest BCUT2D eigenvalue weighted by Gasteiger charge is 2.15. The summed E-state index contributed by atoms with van der Waals surface area (Å²) >= 11 is 0. The highest BCUT2D eigenvalue weighted by atomic mass is 16.5. The van der Waals surface area contributed by atoms with Gasteiger partial charge in [0.1, 0.15) is 5.75 Å². The van der Waals surface area contributed by atoms with Crippen molar-refractivity contribution in [3.63, 3.8) is 0 Å². The summed E-state index contributed by atoms with van der Waals surface area (Å²) in [4.78, 5) is 34.1. The number of pyridine rings is 2. The largest absolute Gasteiger partial charge is 0.497 e. The van der Waals surface area contributed by atoms with Gasteiger partial charge in [0.25, 0.3) is 11.8 Å². The molecule has 7 nitrogen and oxygen atoms in total. The summed E-state index contributed by atoms with van der Waals surface area (Å²) in [5.74, 6) is -0.107. The van der Waals surface area contributed by atoms with Crippen LogP contribution >= 0.6 is 0 Å². The Hall–Kier alpha value is -4.78. The minimum absolute atomic E-state index is 0.343. The number of para-hydroxylation sites is 1. The van der Waals surface area contributed by atoms with Crippen molar-refractivity contribution in [3.05, 3.63) is 102 Å². The molecule has 0 saturated heterocycles. The van der Waals surface area contributed by atoms with Crippen molar-refractivity contribution in [2.45, 2.75) is 0 Å². The van der Waals surface area contributed by atoms with Crippen LogP contribution in [0, 0.1) is 0 Å². The van der Waals surface area contributed by atoms with Crippen molar-refractivity contribution in [2.75, 3.05) is 7.11 Å². The smallest absolute Gasteiger partial charge is 0.271 e. The SMILES string of the molecule is COc1ccc2cc(-c3cc(C(=O)NNC(=O)c4cccnc4)c4ccccc4n3)ccc2c1. The fourth-order valence-electron chi connectivity index (χ4n) is 3.77. The molecule has 0 bridgehead atoms. The summed E-state index contributed by atoms with van der Waals surface area (Å²) in [5.41, 5.74) is 7.90. The van der Waals surface area contributed by atoms with Crippen LogP contribution in [0.2, 0.25) is 0 Å². The molecule has 0 atom stereocenters. The Kier molecular flexibility index (Phi) is 5.58. The molecular formula is C27H20N4O3. The van der Waals surface area contributed by atoms with E-state index in [1.54, 1.807) is 31.5 Å². The van der Waals surface area contributed by atoms with Crippen molar-refractivity contribution in [2.24, 2.45) is 0 Å². The van der Waals surface area contributed by atoms with Gasteiger partial charge >= 0.3 is 0 Å². The Morgan fingerprint density at radius 1 is 0.824 bits per heavy atom. The maximum absolute atomic E-state index is 13.1. The molecule has 5 aromatic rings. The monoisotopic (exact) mass is 448 g/mol. The Labute approximate surface area is 195 Å². The Morgan fingerprint density at radius 2 is 1.62 bits per heavy atom. The van der Waals surface area contributed by atoms with Crippen LogP contribution in [0.15, 0.2) is 91.3 Å². The first-order valence-corrected chi connectivity index (χ1v) is 10.6. The van der Waals surface area contributed by atoms with Crippen LogP contribution in [0.5, 0.6) is 5.75 Å². The van der Waals surface area contributed by atoms with Gasteiger partial charge in [-0.25, -0.2) is 4.98 Å². The maximum atomic E-state index is 13.1. The number of rotatable bonds is 4. The van der Waals surface area contributed by atoms with Crippen molar-refractivity contribution < 1.29 is 14.3 Å². The molecule has 0 radical (unpaired) electrons. The number of nitrogens with one attached hydrogen (secondary N) is 2.